The summed E-state index contributed by atoms with van der Waals surface area (Å²) in [5.41, 5.74) is 0. The minimum absolute atomic E-state index is 0.0251. The minimum atomic E-state index is -1.75. The van der Waals surface area contributed by atoms with E-state index < -0.39 is 8.32 Å². The minimum Gasteiger partial charge on any atom is -0.411 e. The Bertz CT molecular complexity index is 291. The lowest BCUT2D eigenvalue weighted by atomic mass is 10.0. The molecule has 1 saturated heterocycles. The van der Waals surface area contributed by atoms with Crippen molar-refractivity contribution in [3.63, 3.8) is 0 Å². The Morgan fingerprint density at radius 2 is 2.06 bits per heavy atom. The molecule has 3 nitrogen and oxygen atoms in total. The van der Waals surface area contributed by atoms with Crippen LogP contribution in [0.1, 0.15) is 40.0 Å². The quantitative estimate of drug-likeness (QED) is 0.725. The van der Waals surface area contributed by atoms with Gasteiger partial charge in [0.25, 0.3) is 0 Å². The average Bonchev–Trinajstić information content (AvgIpc) is 2.19. The van der Waals surface area contributed by atoms with Crippen LogP contribution in [0.15, 0.2) is 0 Å². The number of nitriles is 1. The van der Waals surface area contributed by atoms with Crippen LogP contribution in [0.3, 0.4) is 0 Å². The van der Waals surface area contributed by atoms with Gasteiger partial charge in [0.2, 0.25) is 0 Å². The van der Waals surface area contributed by atoms with Crippen molar-refractivity contribution in [2.45, 2.75) is 70.4 Å². The summed E-state index contributed by atoms with van der Waals surface area (Å²) < 4.78 is 12.0. The van der Waals surface area contributed by atoms with Crippen molar-refractivity contribution < 1.29 is 9.16 Å². The number of rotatable bonds is 3. The molecule has 0 saturated carbocycles. The zero-order chi connectivity index (χ0) is 13.1. The zero-order valence-corrected chi connectivity index (χ0v) is 12.7. The highest BCUT2D eigenvalue weighted by molar-refractivity contribution is 6.74. The smallest absolute Gasteiger partial charge is 0.192 e. The molecule has 2 atom stereocenters. The monoisotopic (exact) mass is 255 g/mol. The second-order valence-corrected chi connectivity index (χ2v) is 11.1. The zero-order valence-electron chi connectivity index (χ0n) is 11.7. The van der Waals surface area contributed by atoms with Crippen LogP contribution in [-0.4, -0.2) is 27.1 Å². The van der Waals surface area contributed by atoms with E-state index in [1.807, 2.05) is 0 Å². The van der Waals surface area contributed by atoms with Crippen LogP contribution in [0.4, 0.5) is 0 Å². The molecule has 1 fully saturated rings. The van der Waals surface area contributed by atoms with Gasteiger partial charge in [-0.25, -0.2) is 0 Å². The molecule has 1 aliphatic rings. The van der Waals surface area contributed by atoms with Crippen LogP contribution in [0.2, 0.25) is 18.1 Å². The Balaban J connectivity index is 2.68. The van der Waals surface area contributed by atoms with Gasteiger partial charge < -0.3 is 9.16 Å². The SMILES string of the molecule is CC(C)(C)[Si](C)(C)O[C@H]1CCCO[C@@H]1CC#N. The number of ether oxygens (including phenoxy) is 1. The van der Waals surface area contributed by atoms with Crippen molar-refractivity contribution in [2.24, 2.45) is 0 Å². The molecule has 1 aliphatic heterocycles. The molecule has 98 valence electrons. The van der Waals surface area contributed by atoms with Gasteiger partial charge in [0.15, 0.2) is 8.32 Å². The summed E-state index contributed by atoms with van der Waals surface area (Å²) in [7, 11) is -1.75. The van der Waals surface area contributed by atoms with Crippen LogP contribution < -0.4 is 0 Å². The van der Waals surface area contributed by atoms with Crippen molar-refractivity contribution in [3.05, 3.63) is 0 Å². The second-order valence-electron chi connectivity index (χ2n) is 6.33. The van der Waals surface area contributed by atoms with E-state index >= 15 is 0 Å². The molecule has 0 amide bonds. The summed E-state index contributed by atoms with van der Waals surface area (Å²) in [5.74, 6) is 0. The summed E-state index contributed by atoms with van der Waals surface area (Å²) in [6.45, 7) is 12.0. The largest absolute Gasteiger partial charge is 0.411 e. The first kappa shape index (κ1) is 14.7. The molecular weight excluding hydrogens is 230 g/mol. The Labute approximate surface area is 106 Å². The Hall–Kier alpha value is -0.373. The molecule has 0 spiro atoms. The normalized spacial score (nSPS) is 26.6. The second kappa shape index (κ2) is 5.51. The van der Waals surface area contributed by atoms with E-state index in [0.29, 0.717) is 6.42 Å². The van der Waals surface area contributed by atoms with Crippen molar-refractivity contribution in [1.82, 2.24) is 0 Å². The van der Waals surface area contributed by atoms with Crippen molar-refractivity contribution in [3.8, 4) is 6.07 Å². The summed E-state index contributed by atoms with van der Waals surface area (Å²) in [5, 5.41) is 9.03. The fraction of sp³-hybridized carbons (Fsp3) is 0.923. The van der Waals surface area contributed by atoms with Crippen molar-refractivity contribution in [2.75, 3.05) is 6.61 Å². The van der Waals surface area contributed by atoms with Crippen LogP contribution in [-0.2, 0) is 9.16 Å². The molecule has 1 rings (SSSR count). The van der Waals surface area contributed by atoms with Gasteiger partial charge in [0, 0.05) is 6.61 Å². The van der Waals surface area contributed by atoms with Gasteiger partial charge in [-0.15, -0.1) is 0 Å². The summed E-state index contributed by atoms with van der Waals surface area (Å²) in [6.07, 6.45) is 2.60. The van der Waals surface area contributed by atoms with Crippen LogP contribution in [0.5, 0.6) is 0 Å². The van der Waals surface area contributed by atoms with Gasteiger partial charge in [-0.2, -0.15) is 5.26 Å². The molecule has 0 aromatic carbocycles. The number of nitrogens with zero attached hydrogens (tertiary/aromatic N) is 1. The van der Waals surface area contributed by atoms with Crippen LogP contribution in [0, 0.1) is 11.3 Å². The van der Waals surface area contributed by atoms with E-state index in [0.717, 1.165) is 19.4 Å². The average molecular weight is 255 g/mol. The first-order chi connectivity index (χ1) is 7.78. The third-order valence-electron chi connectivity index (χ3n) is 3.92. The Kier molecular flexibility index (Phi) is 4.76. The predicted molar refractivity (Wildman–Crippen MR) is 71.3 cm³/mol. The third kappa shape index (κ3) is 3.80. The molecule has 4 heteroatoms. The van der Waals surface area contributed by atoms with Crippen LogP contribution >= 0.6 is 0 Å². The van der Waals surface area contributed by atoms with Crippen molar-refractivity contribution >= 4 is 8.32 Å². The third-order valence-corrected chi connectivity index (χ3v) is 8.43. The molecular formula is C13H25NO2Si. The Morgan fingerprint density at radius 1 is 1.41 bits per heavy atom. The van der Waals surface area contributed by atoms with Gasteiger partial charge in [-0.05, 0) is 31.0 Å². The molecule has 0 unspecified atom stereocenters. The maximum absolute atomic E-state index is 8.82. The molecule has 1 heterocycles. The molecule has 0 aromatic heterocycles. The van der Waals surface area contributed by atoms with E-state index in [-0.39, 0.29) is 17.2 Å². The van der Waals surface area contributed by atoms with E-state index in [9.17, 15) is 0 Å². The summed E-state index contributed by atoms with van der Waals surface area (Å²) in [6, 6.07) is 2.20. The lowest BCUT2D eigenvalue weighted by Gasteiger charge is -2.42. The number of hydrogen-bond acceptors (Lipinski definition) is 3. The molecule has 0 aliphatic carbocycles. The molecule has 0 N–H and O–H groups in total. The van der Waals surface area contributed by atoms with Crippen molar-refractivity contribution in [1.29, 1.82) is 5.26 Å². The van der Waals surface area contributed by atoms with Crippen LogP contribution in [0.25, 0.3) is 0 Å². The fourth-order valence-corrected chi connectivity index (χ4v) is 3.16. The predicted octanol–water partition coefficient (Wildman–Crippen LogP) is 3.47. The lowest BCUT2D eigenvalue weighted by Crippen LogP contribution is -2.48. The molecule has 0 aromatic rings. The molecule has 0 radical (unpaired) electrons. The summed E-state index contributed by atoms with van der Waals surface area (Å²) >= 11 is 0. The van der Waals surface area contributed by atoms with Gasteiger partial charge in [0.1, 0.15) is 0 Å². The van der Waals surface area contributed by atoms with Gasteiger partial charge in [-0.3, -0.25) is 0 Å². The maximum atomic E-state index is 8.82. The molecule has 0 bridgehead atoms. The van der Waals surface area contributed by atoms with E-state index in [1.165, 1.54) is 0 Å². The Morgan fingerprint density at radius 3 is 2.59 bits per heavy atom. The lowest BCUT2D eigenvalue weighted by molar-refractivity contribution is -0.0644. The van der Waals surface area contributed by atoms with E-state index in [2.05, 4.69) is 39.9 Å². The first-order valence-corrected chi connectivity index (χ1v) is 9.35. The van der Waals surface area contributed by atoms with Gasteiger partial charge in [0.05, 0.1) is 24.7 Å². The molecule has 17 heavy (non-hydrogen) atoms. The first-order valence-electron chi connectivity index (χ1n) is 6.44. The van der Waals surface area contributed by atoms with E-state index in [1.54, 1.807) is 0 Å². The van der Waals surface area contributed by atoms with Gasteiger partial charge >= 0.3 is 0 Å². The maximum Gasteiger partial charge on any atom is 0.192 e. The fourth-order valence-electron chi connectivity index (χ4n) is 1.78. The highest BCUT2D eigenvalue weighted by atomic mass is 28.4. The number of hydrogen-bond donors (Lipinski definition) is 0. The van der Waals surface area contributed by atoms with Gasteiger partial charge in [-0.1, -0.05) is 20.8 Å². The summed E-state index contributed by atoms with van der Waals surface area (Å²) in [4.78, 5) is 0. The highest BCUT2D eigenvalue weighted by Gasteiger charge is 2.41. The highest BCUT2D eigenvalue weighted by Crippen LogP contribution is 2.39. The topological polar surface area (TPSA) is 42.2 Å². The van der Waals surface area contributed by atoms with E-state index in [4.69, 9.17) is 14.4 Å². The standard InChI is InChI=1S/C13H25NO2Si/c1-13(2,3)17(4,5)16-12-7-6-10-15-11(12)8-9-14/h11-12H,6-8,10H2,1-5H3/t11-,12+/m1/s1.